The molecule has 1 N–H and O–H groups in total. The van der Waals surface area contributed by atoms with Crippen molar-refractivity contribution < 1.29 is 4.74 Å². The number of nitrogens with one attached hydrogen (secondary N) is 1. The van der Waals surface area contributed by atoms with Crippen LogP contribution in [0, 0.1) is 0 Å². The zero-order valence-corrected chi connectivity index (χ0v) is 10.6. The van der Waals surface area contributed by atoms with Gasteiger partial charge in [-0.05, 0) is 37.6 Å². The lowest BCUT2D eigenvalue weighted by Gasteiger charge is -2.15. The van der Waals surface area contributed by atoms with E-state index in [9.17, 15) is 0 Å². The summed E-state index contributed by atoms with van der Waals surface area (Å²) in [5.74, 6) is 0.983. The molecule has 0 saturated carbocycles. The van der Waals surface area contributed by atoms with Crippen molar-refractivity contribution in [1.82, 2.24) is 5.32 Å². The second kappa shape index (κ2) is 7.29. The molecule has 0 fully saturated rings. The summed E-state index contributed by atoms with van der Waals surface area (Å²) in [6.07, 6.45) is 2.52. The summed E-state index contributed by atoms with van der Waals surface area (Å²) in [5.41, 5.74) is 1.36. The molecule has 2 nitrogen and oxygen atoms in total. The van der Waals surface area contributed by atoms with Crippen LogP contribution in [0.15, 0.2) is 24.3 Å². The highest BCUT2D eigenvalue weighted by Crippen LogP contribution is 2.15. The standard InChI is InChI=1S/C14H23NO/c1-4-7-13-8-6-9-14(10-13)16-12(3)11-15-5-2/h6,8-10,12,15H,4-5,7,11H2,1-3H3/t12-/m0/s1. The minimum Gasteiger partial charge on any atom is -0.489 e. The summed E-state index contributed by atoms with van der Waals surface area (Å²) in [4.78, 5) is 0. The Kier molecular flexibility index (Phi) is 5.94. The fourth-order valence-corrected chi connectivity index (χ4v) is 1.68. The van der Waals surface area contributed by atoms with Crippen molar-refractivity contribution in [2.24, 2.45) is 0 Å². The first-order chi connectivity index (χ1) is 7.76. The van der Waals surface area contributed by atoms with Gasteiger partial charge in [0, 0.05) is 6.54 Å². The van der Waals surface area contributed by atoms with Crippen molar-refractivity contribution in [2.75, 3.05) is 13.1 Å². The van der Waals surface area contributed by atoms with Gasteiger partial charge in [0.05, 0.1) is 0 Å². The molecular formula is C14H23NO. The SMILES string of the molecule is CCCc1cccc(O[C@@H](C)CNCC)c1. The van der Waals surface area contributed by atoms with E-state index in [1.165, 1.54) is 12.0 Å². The van der Waals surface area contributed by atoms with Crippen LogP contribution in [0.5, 0.6) is 5.75 Å². The lowest BCUT2D eigenvalue weighted by atomic mass is 10.1. The van der Waals surface area contributed by atoms with Crippen LogP contribution in [0.1, 0.15) is 32.8 Å². The zero-order chi connectivity index (χ0) is 11.8. The summed E-state index contributed by atoms with van der Waals surface area (Å²) >= 11 is 0. The summed E-state index contributed by atoms with van der Waals surface area (Å²) < 4.78 is 5.84. The van der Waals surface area contributed by atoms with E-state index in [0.29, 0.717) is 0 Å². The van der Waals surface area contributed by atoms with Gasteiger partial charge in [0.2, 0.25) is 0 Å². The van der Waals surface area contributed by atoms with Gasteiger partial charge in [0.25, 0.3) is 0 Å². The second-order valence-electron chi connectivity index (χ2n) is 4.13. The summed E-state index contributed by atoms with van der Waals surface area (Å²) in [6.45, 7) is 8.28. The van der Waals surface area contributed by atoms with Gasteiger partial charge in [-0.25, -0.2) is 0 Å². The molecule has 1 aromatic rings. The van der Waals surface area contributed by atoms with Crippen LogP contribution in [0.3, 0.4) is 0 Å². The molecule has 0 spiro atoms. The van der Waals surface area contributed by atoms with Crippen LogP contribution in [0.4, 0.5) is 0 Å². The predicted octanol–water partition coefficient (Wildman–Crippen LogP) is 3.02. The Morgan fingerprint density at radius 1 is 1.31 bits per heavy atom. The molecule has 1 atom stereocenters. The van der Waals surface area contributed by atoms with Gasteiger partial charge in [-0.2, -0.15) is 0 Å². The second-order valence-corrected chi connectivity index (χ2v) is 4.13. The molecule has 0 saturated heterocycles. The van der Waals surface area contributed by atoms with E-state index in [-0.39, 0.29) is 6.10 Å². The first kappa shape index (κ1) is 13.0. The van der Waals surface area contributed by atoms with E-state index >= 15 is 0 Å². The summed E-state index contributed by atoms with van der Waals surface area (Å²) in [5, 5.41) is 3.28. The Hall–Kier alpha value is -1.02. The van der Waals surface area contributed by atoms with E-state index in [0.717, 1.165) is 25.3 Å². The van der Waals surface area contributed by atoms with Crippen LogP contribution in [-0.4, -0.2) is 19.2 Å². The molecule has 0 aromatic heterocycles. The normalized spacial score (nSPS) is 12.4. The van der Waals surface area contributed by atoms with Gasteiger partial charge in [0.15, 0.2) is 0 Å². The van der Waals surface area contributed by atoms with E-state index in [1.54, 1.807) is 0 Å². The number of aryl methyl sites for hydroxylation is 1. The molecule has 2 heteroatoms. The van der Waals surface area contributed by atoms with Crippen LogP contribution in [0.2, 0.25) is 0 Å². The van der Waals surface area contributed by atoms with E-state index in [2.05, 4.69) is 44.3 Å². The van der Waals surface area contributed by atoms with Gasteiger partial charge < -0.3 is 10.1 Å². The minimum absolute atomic E-state index is 0.219. The third-order valence-corrected chi connectivity index (χ3v) is 2.46. The number of benzene rings is 1. The minimum atomic E-state index is 0.219. The molecule has 1 rings (SSSR count). The van der Waals surface area contributed by atoms with Crippen LogP contribution in [-0.2, 0) is 6.42 Å². The first-order valence-electron chi connectivity index (χ1n) is 6.22. The predicted molar refractivity (Wildman–Crippen MR) is 69.1 cm³/mol. The number of hydrogen-bond acceptors (Lipinski definition) is 2. The van der Waals surface area contributed by atoms with Gasteiger partial charge >= 0.3 is 0 Å². The first-order valence-corrected chi connectivity index (χ1v) is 6.22. The molecule has 0 radical (unpaired) electrons. The molecule has 0 aliphatic carbocycles. The van der Waals surface area contributed by atoms with Crippen molar-refractivity contribution in [3.8, 4) is 5.75 Å². The van der Waals surface area contributed by atoms with Crippen LogP contribution in [0.25, 0.3) is 0 Å². The molecule has 1 aromatic carbocycles. The molecule has 0 aliphatic heterocycles. The van der Waals surface area contributed by atoms with Gasteiger partial charge in [-0.15, -0.1) is 0 Å². The molecule has 0 heterocycles. The third kappa shape index (κ3) is 4.67. The highest BCUT2D eigenvalue weighted by atomic mass is 16.5. The summed E-state index contributed by atoms with van der Waals surface area (Å²) in [7, 11) is 0. The highest BCUT2D eigenvalue weighted by molar-refractivity contribution is 5.28. The molecule has 0 aliphatic rings. The molecule has 0 bridgehead atoms. The van der Waals surface area contributed by atoms with Crippen molar-refractivity contribution in [3.05, 3.63) is 29.8 Å². The smallest absolute Gasteiger partial charge is 0.120 e. The quantitative estimate of drug-likeness (QED) is 0.764. The Balaban J connectivity index is 2.49. The van der Waals surface area contributed by atoms with Crippen molar-refractivity contribution in [2.45, 2.75) is 39.7 Å². The largest absolute Gasteiger partial charge is 0.489 e. The lowest BCUT2D eigenvalue weighted by molar-refractivity contribution is 0.218. The van der Waals surface area contributed by atoms with Crippen molar-refractivity contribution >= 4 is 0 Å². The highest BCUT2D eigenvalue weighted by Gasteiger charge is 2.03. The molecule has 90 valence electrons. The molecule has 16 heavy (non-hydrogen) atoms. The van der Waals surface area contributed by atoms with Crippen LogP contribution >= 0.6 is 0 Å². The van der Waals surface area contributed by atoms with E-state index < -0.39 is 0 Å². The van der Waals surface area contributed by atoms with Gasteiger partial charge in [-0.1, -0.05) is 32.4 Å². The molecular weight excluding hydrogens is 198 g/mol. The maximum absolute atomic E-state index is 5.84. The number of hydrogen-bond donors (Lipinski definition) is 1. The molecule has 0 amide bonds. The number of likely N-dealkylation sites (N-methyl/N-ethyl adjacent to an activating group) is 1. The zero-order valence-electron chi connectivity index (χ0n) is 10.6. The van der Waals surface area contributed by atoms with Gasteiger partial charge in [0.1, 0.15) is 11.9 Å². The maximum atomic E-state index is 5.84. The fourth-order valence-electron chi connectivity index (χ4n) is 1.68. The third-order valence-electron chi connectivity index (χ3n) is 2.46. The topological polar surface area (TPSA) is 21.3 Å². The average Bonchev–Trinajstić information content (AvgIpc) is 2.27. The monoisotopic (exact) mass is 221 g/mol. The fraction of sp³-hybridized carbons (Fsp3) is 0.571. The average molecular weight is 221 g/mol. The Morgan fingerprint density at radius 2 is 2.12 bits per heavy atom. The Bertz CT molecular complexity index is 299. The number of rotatable bonds is 7. The van der Waals surface area contributed by atoms with Crippen molar-refractivity contribution in [3.63, 3.8) is 0 Å². The lowest BCUT2D eigenvalue weighted by Crippen LogP contribution is -2.28. The number of ether oxygens (including phenoxy) is 1. The molecule has 0 unspecified atom stereocenters. The van der Waals surface area contributed by atoms with Crippen LogP contribution < -0.4 is 10.1 Å². The van der Waals surface area contributed by atoms with Crippen molar-refractivity contribution in [1.29, 1.82) is 0 Å². The van der Waals surface area contributed by atoms with E-state index in [4.69, 9.17) is 4.74 Å². The Labute approximate surface area is 99.0 Å². The summed E-state index contributed by atoms with van der Waals surface area (Å²) in [6, 6.07) is 8.40. The van der Waals surface area contributed by atoms with E-state index in [1.807, 2.05) is 6.07 Å². The maximum Gasteiger partial charge on any atom is 0.120 e. The Morgan fingerprint density at radius 3 is 2.81 bits per heavy atom. The van der Waals surface area contributed by atoms with Gasteiger partial charge in [-0.3, -0.25) is 0 Å².